The highest BCUT2D eigenvalue weighted by Crippen LogP contribution is 2.26. The second-order valence-electron chi connectivity index (χ2n) is 4.89. The summed E-state index contributed by atoms with van der Waals surface area (Å²) in [7, 11) is 0. The summed E-state index contributed by atoms with van der Waals surface area (Å²) in [4.78, 5) is 4.33. The maximum Gasteiger partial charge on any atom is 0.110 e. The van der Waals surface area contributed by atoms with Crippen molar-refractivity contribution in [2.75, 3.05) is 18.9 Å². The molecule has 0 aliphatic heterocycles. The second kappa shape index (κ2) is 8.95. The largest absolute Gasteiger partial charge is 0.394 e. The number of aliphatic hydroxyl groups excluding tert-OH is 1. The summed E-state index contributed by atoms with van der Waals surface area (Å²) >= 11 is 5.25. The van der Waals surface area contributed by atoms with E-state index in [2.05, 4.69) is 40.1 Å². The van der Waals surface area contributed by atoms with E-state index in [1.54, 1.807) is 11.8 Å². The topological polar surface area (TPSA) is 45.1 Å². The van der Waals surface area contributed by atoms with Gasteiger partial charge in [0.15, 0.2) is 0 Å². The van der Waals surface area contributed by atoms with Crippen molar-refractivity contribution in [1.82, 2.24) is 10.3 Å². The molecule has 108 valence electrons. The summed E-state index contributed by atoms with van der Waals surface area (Å²) in [6, 6.07) is 3.93. The highest BCUT2D eigenvalue weighted by Gasteiger charge is 2.21. The molecule has 5 heteroatoms. The number of thioether (sulfide) groups is 1. The first-order valence-electron chi connectivity index (χ1n) is 6.70. The van der Waals surface area contributed by atoms with Gasteiger partial charge in [0.2, 0.25) is 0 Å². The van der Waals surface area contributed by atoms with Gasteiger partial charge in [0, 0.05) is 16.2 Å². The zero-order valence-electron chi connectivity index (χ0n) is 11.7. The molecule has 0 fully saturated rings. The first-order chi connectivity index (χ1) is 9.11. The van der Waals surface area contributed by atoms with E-state index < -0.39 is 0 Å². The van der Waals surface area contributed by atoms with E-state index in [9.17, 15) is 5.11 Å². The van der Waals surface area contributed by atoms with Crippen LogP contribution in [0.2, 0.25) is 0 Å². The minimum Gasteiger partial charge on any atom is -0.394 e. The molecule has 0 aliphatic carbocycles. The van der Waals surface area contributed by atoms with E-state index in [4.69, 9.17) is 0 Å². The average Bonchev–Trinajstić information content (AvgIpc) is 2.43. The molecule has 19 heavy (non-hydrogen) atoms. The summed E-state index contributed by atoms with van der Waals surface area (Å²) in [6.07, 6.45) is 4.93. The number of pyridine rings is 1. The molecule has 0 aromatic carbocycles. The third kappa shape index (κ3) is 6.25. The summed E-state index contributed by atoms with van der Waals surface area (Å²) in [5.74, 6) is 1.01. The SMILES string of the molecule is CCCNC(C)(CO)CCCSc1ncccc1Br. The van der Waals surface area contributed by atoms with Crippen LogP contribution >= 0.6 is 27.7 Å². The van der Waals surface area contributed by atoms with E-state index in [1.807, 2.05) is 18.3 Å². The van der Waals surface area contributed by atoms with Gasteiger partial charge in [0.25, 0.3) is 0 Å². The van der Waals surface area contributed by atoms with E-state index in [-0.39, 0.29) is 12.1 Å². The average molecular weight is 347 g/mol. The van der Waals surface area contributed by atoms with Gasteiger partial charge < -0.3 is 10.4 Å². The highest BCUT2D eigenvalue weighted by atomic mass is 79.9. The number of halogens is 1. The third-order valence-corrected chi connectivity index (χ3v) is 4.98. The van der Waals surface area contributed by atoms with Crippen molar-refractivity contribution in [3.05, 3.63) is 22.8 Å². The number of nitrogens with one attached hydrogen (secondary N) is 1. The van der Waals surface area contributed by atoms with Crippen LogP contribution in [-0.4, -0.2) is 34.5 Å². The van der Waals surface area contributed by atoms with Crippen molar-refractivity contribution in [3.63, 3.8) is 0 Å². The molecular formula is C14H23BrN2OS. The lowest BCUT2D eigenvalue weighted by Crippen LogP contribution is -2.46. The molecule has 0 saturated carbocycles. The number of aliphatic hydroxyl groups is 1. The van der Waals surface area contributed by atoms with Gasteiger partial charge in [-0.1, -0.05) is 6.92 Å². The van der Waals surface area contributed by atoms with Crippen LogP contribution in [0.25, 0.3) is 0 Å². The lowest BCUT2D eigenvalue weighted by molar-refractivity contribution is 0.165. The molecule has 0 radical (unpaired) electrons. The molecule has 3 nitrogen and oxygen atoms in total. The van der Waals surface area contributed by atoms with Crippen molar-refractivity contribution in [1.29, 1.82) is 0 Å². The maximum atomic E-state index is 9.48. The molecule has 1 rings (SSSR count). The Morgan fingerprint density at radius 1 is 1.53 bits per heavy atom. The monoisotopic (exact) mass is 346 g/mol. The molecule has 0 bridgehead atoms. The smallest absolute Gasteiger partial charge is 0.110 e. The molecule has 1 heterocycles. The summed E-state index contributed by atoms with van der Waals surface area (Å²) in [6.45, 7) is 5.37. The van der Waals surface area contributed by atoms with Gasteiger partial charge >= 0.3 is 0 Å². The van der Waals surface area contributed by atoms with E-state index in [0.29, 0.717) is 0 Å². The molecule has 1 aromatic heterocycles. The second-order valence-corrected chi connectivity index (χ2v) is 6.83. The zero-order valence-corrected chi connectivity index (χ0v) is 14.1. The fourth-order valence-electron chi connectivity index (χ4n) is 1.76. The van der Waals surface area contributed by atoms with Crippen LogP contribution in [0.1, 0.15) is 33.1 Å². The van der Waals surface area contributed by atoms with Gasteiger partial charge in [-0.2, -0.15) is 0 Å². The van der Waals surface area contributed by atoms with Crippen molar-refractivity contribution < 1.29 is 5.11 Å². The Morgan fingerprint density at radius 3 is 2.95 bits per heavy atom. The Kier molecular flexibility index (Phi) is 7.99. The lowest BCUT2D eigenvalue weighted by atomic mass is 9.97. The number of aromatic nitrogens is 1. The Labute approximate surface area is 128 Å². The van der Waals surface area contributed by atoms with Crippen molar-refractivity contribution >= 4 is 27.7 Å². The fraction of sp³-hybridized carbons (Fsp3) is 0.643. The number of hydrogen-bond acceptors (Lipinski definition) is 4. The summed E-state index contributed by atoms with van der Waals surface area (Å²) in [5, 5.41) is 13.9. The molecular weight excluding hydrogens is 324 g/mol. The van der Waals surface area contributed by atoms with Crippen molar-refractivity contribution in [3.8, 4) is 0 Å². The van der Waals surface area contributed by atoms with E-state index in [1.165, 1.54) is 0 Å². The van der Waals surface area contributed by atoms with Crippen molar-refractivity contribution in [2.45, 2.75) is 43.7 Å². The van der Waals surface area contributed by atoms with Crippen LogP contribution < -0.4 is 5.32 Å². The zero-order chi connectivity index (χ0) is 14.1. The van der Waals surface area contributed by atoms with Gasteiger partial charge in [0.05, 0.1) is 6.61 Å². The maximum absolute atomic E-state index is 9.48. The molecule has 0 amide bonds. The van der Waals surface area contributed by atoms with Crippen LogP contribution in [0.5, 0.6) is 0 Å². The molecule has 1 aromatic rings. The molecule has 1 unspecified atom stereocenters. The number of hydrogen-bond donors (Lipinski definition) is 2. The standard InChI is InChI=1S/C14H23BrN2OS/c1-3-8-17-14(2,11-18)7-5-10-19-13-12(15)6-4-9-16-13/h4,6,9,17-18H,3,5,7-8,10-11H2,1-2H3. The summed E-state index contributed by atoms with van der Waals surface area (Å²) in [5.41, 5.74) is -0.155. The third-order valence-electron chi connectivity index (χ3n) is 2.99. The van der Waals surface area contributed by atoms with Gasteiger partial charge in [-0.15, -0.1) is 11.8 Å². The normalized spacial score (nSPS) is 14.3. The highest BCUT2D eigenvalue weighted by molar-refractivity contribution is 9.10. The predicted molar refractivity (Wildman–Crippen MR) is 85.7 cm³/mol. The van der Waals surface area contributed by atoms with Gasteiger partial charge in [-0.3, -0.25) is 0 Å². The quantitative estimate of drug-likeness (QED) is 0.530. The summed E-state index contributed by atoms with van der Waals surface area (Å²) < 4.78 is 1.05. The molecule has 0 spiro atoms. The first-order valence-corrected chi connectivity index (χ1v) is 8.48. The number of nitrogens with zero attached hydrogens (tertiary/aromatic N) is 1. The van der Waals surface area contributed by atoms with E-state index >= 15 is 0 Å². The minimum absolute atomic E-state index is 0.155. The molecule has 0 aliphatic rings. The van der Waals surface area contributed by atoms with Gasteiger partial charge in [0.1, 0.15) is 5.03 Å². The van der Waals surface area contributed by atoms with Crippen LogP contribution in [0.3, 0.4) is 0 Å². The Bertz CT molecular complexity index is 378. The van der Waals surface area contributed by atoms with Gasteiger partial charge in [-0.05, 0) is 66.5 Å². The molecule has 2 N–H and O–H groups in total. The minimum atomic E-state index is -0.155. The first kappa shape index (κ1) is 17.0. The Morgan fingerprint density at radius 2 is 2.32 bits per heavy atom. The Hall–Kier alpha value is -0.100. The molecule has 1 atom stereocenters. The van der Waals surface area contributed by atoms with Gasteiger partial charge in [-0.25, -0.2) is 4.98 Å². The van der Waals surface area contributed by atoms with E-state index in [0.717, 1.165) is 41.1 Å². The number of rotatable bonds is 9. The van der Waals surface area contributed by atoms with Crippen LogP contribution in [0, 0.1) is 0 Å². The lowest BCUT2D eigenvalue weighted by Gasteiger charge is -2.28. The predicted octanol–water partition coefficient (Wildman–Crippen LogP) is 3.47. The van der Waals surface area contributed by atoms with Crippen LogP contribution in [0.4, 0.5) is 0 Å². The Balaban J connectivity index is 2.31. The van der Waals surface area contributed by atoms with Crippen LogP contribution in [0.15, 0.2) is 27.8 Å². The van der Waals surface area contributed by atoms with Crippen LogP contribution in [-0.2, 0) is 0 Å². The fourth-order valence-corrected chi connectivity index (χ4v) is 3.18. The van der Waals surface area contributed by atoms with Crippen molar-refractivity contribution in [2.24, 2.45) is 0 Å². The molecule has 0 saturated heterocycles.